The quantitative estimate of drug-likeness (QED) is 0.912. The van der Waals surface area contributed by atoms with Crippen molar-refractivity contribution in [3.05, 3.63) is 65.2 Å². The van der Waals surface area contributed by atoms with Gasteiger partial charge >= 0.3 is 5.97 Å². The lowest BCUT2D eigenvalue weighted by Crippen LogP contribution is -2.56. The van der Waals surface area contributed by atoms with Gasteiger partial charge in [-0.25, -0.2) is 4.79 Å². The lowest BCUT2D eigenvalue weighted by molar-refractivity contribution is 0.0171. The van der Waals surface area contributed by atoms with Crippen LogP contribution in [-0.4, -0.2) is 41.1 Å². The molecule has 0 radical (unpaired) electrons. The first-order chi connectivity index (χ1) is 12.3. The maximum absolute atomic E-state index is 12.5. The minimum Gasteiger partial charge on any atom is -0.486 e. The van der Waals surface area contributed by atoms with Crippen LogP contribution in [-0.2, 0) is 5.41 Å². The SMILES string of the molecule is CC(C)(C)c1ccccc1OC1CN(C(=O)c2ccc(C(=O)O)cc2)C1. The molecule has 1 heterocycles. The van der Waals surface area contributed by atoms with Crippen molar-refractivity contribution >= 4 is 11.9 Å². The topological polar surface area (TPSA) is 66.8 Å². The van der Waals surface area contributed by atoms with Crippen molar-refractivity contribution in [1.29, 1.82) is 0 Å². The first-order valence-electron chi connectivity index (χ1n) is 8.64. The van der Waals surface area contributed by atoms with Crippen molar-refractivity contribution in [3.63, 3.8) is 0 Å². The molecule has 1 N–H and O–H groups in total. The van der Waals surface area contributed by atoms with Gasteiger partial charge in [-0.3, -0.25) is 4.79 Å². The summed E-state index contributed by atoms with van der Waals surface area (Å²) in [6, 6.07) is 14.0. The van der Waals surface area contributed by atoms with Crippen molar-refractivity contribution in [3.8, 4) is 5.75 Å². The van der Waals surface area contributed by atoms with E-state index in [0.29, 0.717) is 18.7 Å². The molecule has 136 valence electrons. The van der Waals surface area contributed by atoms with Gasteiger partial charge in [-0.1, -0.05) is 39.0 Å². The zero-order chi connectivity index (χ0) is 18.9. The highest BCUT2D eigenvalue weighted by atomic mass is 16.5. The summed E-state index contributed by atoms with van der Waals surface area (Å²) in [6.07, 6.45) is -0.0271. The van der Waals surface area contributed by atoms with Gasteiger partial charge in [0.2, 0.25) is 0 Å². The second-order valence-corrected chi connectivity index (χ2v) is 7.58. The largest absolute Gasteiger partial charge is 0.486 e. The lowest BCUT2D eigenvalue weighted by Gasteiger charge is -2.39. The van der Waals surface area contributed by atoms with Crippen LogP contribution in [0.5, 0.6) is 5.75 Å². The number of amides is 1. The van der Waals surface area contributed by atoms with E-state index in [9.17, 15) is 9.59 Å². The Morgan fingerprint density at radius 1 is 1.00 bits per heavy atom. The molecule has 0 unspecified atom stereocenters. The van der Waals surface area contributed by atoms with E-state index in [-0.39, 0.29) is 23.0 Å². The van der Waals surface area contributed by atoms with Gasteiger partial charge in [0, 0.05) is 5.56 Å². The molecule has 2 aromatic rings. The number of aromatic carboxylic acids is 1. The van der Waals surface area contributed by atoms with Crippen LogP contribution in [0.3, 0.4) is 0 Å². The molecule has 0 spiro atoms. The van der Waals surface area contributed by atoms with Gasteiger partial charge in [-0.2, -0.15) is 0 Å². The van der Waals surface area contributed by atoms with Crippen molar-refractivity contribution in [2.24, 2.45) is 0 Å². The molecule has 1 saturated heterocycles. The number of likely N-dealkylation sites (tertiary alicyclic amines) is 1. The maximum atomic E-state index is 12.5. The molecular formula is C21H23NO4. The molecule has 0 atom stereocenters. The first kappa shape index (κ1) is 18.0. The number of rotatable bonds is 4. The standard InChI is InChI=1S/C21H23NO4/c1-21(2,3)17-6-4-5-7-18(17)26-16-12-22(13-16)19(23)14-8-10-15(11-9-14)20(24)25/h4-11,16H,12-13H2,1-3H3,(H,24,25). The van der Waals surface area contributed by atoms with Gasteiger partial charge in [0.25, 0.3) is 5.91 Å². The Hall–Kier alpha value is -2.82. The van der Waals surface area contributed by atoms with E-state index in [0.717, 1.165) is 11.3 Å². The Morgan fingerprint density at radius 2 is 1.58 bits per heavy atom. The number of carbonyl (C=O) groups is 2. The molecule has 5 heteroatoms. The average Bonchev–Trinajstić information content (AvgIpc) is 2.56. The molecule has 0 bridgehead atoms. The van der Waals surface area contributed by atoms with E-state index >= 15 is 0 Å². The van der Waals surface area contributed by atoms with E-state index in [1.165, 1.54) is 12.1 Å². The third kappa shape index (κ3) is 3.72. The predicted molar refractivity (Wildman–Crippen MR) is 98.9 cm³/mol. The zero-order valence-corrected chi connectivity index (χ0v) is 15.2. The number of hydrogen-bond donors (Lipinski definition) is 1. The number of benzene rings is 2. The number of ether oxygens (including phenoxy) is 1. The lowest BCUT2D eigenvalue weighted by atomic mass is 9.86. The first-order valence-corrected chi connectivity index (χ1v) is 8.64. The molecule has 1 fully saturated rings. The molecule has 26 heavy (non-hydrogen) atoms. The highest BCUT2D eigenvalue weighted by Crippen LogP contribution is 2.32. The van der Waals surface area contributed by atoms with Gasteiger partial charge in [0.05, 0.1) is 18.7 Å². The number of carboxylic acid groups (broad SMARTS) is 1. The summed E-state index contributed by atoms with van der Waals surface area (Å²) in [5.41, 5.74) is 1.80. The molecule has 0 saturated carbocycles. The third-order valence-corrected chi connectivity index (χ3v) is 4.50. The Labute approximate surface area is 153 Å². The van der Waals surface area contributed by atoms with Gasteiger partial charge in [-0.15, -0.1) is 0 Å². The molecule has 3 rings (SSSR count). The zero-order valence-electron chi connectivity index (χ0n) is 15.2. The molecule has 1 amide bonds. The maximum Gasteiger partial charge on any atom is 0.335 e. The van der Waals surface area contributed by atoms with E-state index in [2.05, 4.69) is 26.8 Å². The minimum absolute atomic E-state index is 0.0122. The fourth-order valence-corrected chi connectivity index (χ4v) is 2.99. The van der Waals surface area contributed by atoms with E-state index in [4.69, 9.17) is 9.84 Å². The molecule has 5 nitrogen and oxygen atoms in total. The second kappa shape index (κ2) is 6.83. The van der Waals surface area contributed by atoms with Crippen LogP contribution < -0.4 is 4.74 Å². The van der Waals surface area contributed by atoms with Crippen LogP contribution in [0.15, 0.2) is 48.5 Å². The summed E-state index contributed by atoms with van der Waals surface area (Å²) < 4.78 is 6.10. The number of nitrogens with zero attached hydrogens (tertiary/aromatic N) is 1. The van der Waals surface area contributed by atoms with Crippen molar-refractivity contribution in [1.82, 2.24) is 4.90 Å². The highest BCUT2D eigenvalue weighted by molar-refractivity contribution is 5.96. The predicted octanol–water partition coefficient (Wildman–Crippen LogP) is 3.59. The number of carboxylic acids is 1. The Morgan fingerprint density at radius 3 is 2.15 bits per heavy atom. The fraction of sp³-hybridized carbons (Fsp3) is 0.333. The van der Waals surface area contributed by atoms with Gasteiger partial charge < -0.3 is 14.7 Å². The summed E-state index contributed by atoms with van der Waals surface area (Å²) in [6.45, 7) is 7.49. The van der Waals surface area contributed by atoms with Gasteiger partial charge in [0.1, 0.15) is 11.9 Å². The smallest absolute Gasteiger partial charge is 0.335 e. The van der Waals surface area contributed by atoms with Gasteiger partial charge in [-0.05, 0) is 41.3 Å². The Balaban J connectivity index is 1.61. The number of para-hydroxylation sites is 1. The van der Waals surface area contributed by atoms with Crippen LogP contribution >= 0.6 is 0 Å². The third-order valence-electron chi connectivity index (χ3n) is 4.50. The summed E-state index contributed by atoms with van der Waals surface area (Å²) >= 11 is 0. The minimum atomic E-state index is -1.00. The van der Waals surface area contributed by atoms with Crippen molar-refractivity contribution in [2.45, 2.75) is 32.3 Å². The molecule has 1 aliphatic rings. The molecule has 2 aromatic carbocycles. The molecule has 1 aliphatic heterocycles. The summed E-state index contributed by atoms with van der Waals surface area (Å²) in [4.78, 5) is 25.0. The average molecular weight is 353 g/mol. The summed E-state index contributed by atoms with van der Waals surface area (Å²) in [5.74, 6) is -0.243. The van der Waals surface area contributed by atoms with Crippen LogP contribution in [0.2, 0.25) is 0 Å². The number of carbonyl (C=O) groups excluding carboxylic acids is 1. The van der Waals surface area contributed by atoms with E-state index in [1.807, 2.05) is 18.2 Å². The Kier molecular flexibility index (Phi) is 4.72. The van der Waals surface area contributed by atoms with Crippen LogP contribution in [0.25, 0.3) is 0 Å². The highest BCUT2D eigenvalue weighted by Gasteiger charge is 2.33. The molecule has 0 aromatic heterocycles. The monoisotopic (exact) mass is 353 g/mol. The van der Waals surface area contributed by atoms with Crippen LogP contribution in [0.1, 0.15) is 47.1 Å². The van der Waals surface area contributed by atoms with Gasteiger partial charge in [0.15, 0.2) is 0 Å². The van der Waals surface area contributed by atoms with Crippen LogP contribution in [0.4, 0.5) is 0 Å². The molecular weight excluding hydrogens is 330 g/mol. The number of hydrogen-bond acceptors (Lipinski definition) is 3. The van der Waals surface area contributed by atoms with Crippen molar-refractivity contribution in [2.75, 3.05) is 13.1 Å². The van der Waals surface area contributed by atoms with Crippen molar-refractivity contribution < 1.29 is 19.4 Å². The Bertz CT molecular complexity index is 815. The summed E-state index contributed by atoms with van der Waals surface area (Å²) in [7, 11) is 0. The van der Waals surface area contributed by atoms with E-state index in [1.54, 1.807) is 17.0 Å². The second-order valence-electron chi connectivity index (χ2n) is 7.58. The summed E-state index contributed by atoms with van der Waals surface area (Å²) in [5, 5.41) is 8.92. The normalized spacial score (nSPS) is 14.7. The molecule has 0 aliphatic carbocycles. The fourth-order valence-electron chi connectivity index (χ4n) is 2.99. The van der Waals surface area contributed by atoms with Crippen LogP contribution in [0, 0.1) is 0 Å². The van der Waals surface area contributed by atoms with E-state index < -0.39 is 5.97 Å².